The summed E-state index contributed by atoms with van der Waals surface area (Å²) in [4.78, 5) is 2.57. The van der Waals surface area contributed by atoms with Gasteiger partial charge in [0.05, 0.1) is 29.4 Å². The third-order valence-electron chi connectivity index (χ3n) is 5.07. The van der Waals surface area contributed by atoms with E-state index in [1.807, 2.05) is 12.1 Å². The summed E-state index contributed by atoms with van der Waals surface area (Å²) in [5.41, 5.74) is 5.90. The molecule has 0 radical (unpaired) electrons. The van der Waals surface area contributed by atoms with Crippen LogP contribution in [0.15, 0.2) is 23.3 Å². The van der Waals surface area contributed by atoms with Crippen LogP contribution in [0.25, 0.3) is 0 Å². The molecule has 1 aromatic carbocycles. The lowest BCUT2D eigenvalue weighted by Crippen LogP contribution is -2.56. The zero-order valence-electron chi connectivity index (χ0n) is 12.9. The Morgan fingerprint density at radius 2 is 2.18 bits per heavy atom. The Morgan fingerprint density at radius 1 is 1.36 bits per heavy atom. The standard InChI is InChI=1S/C17H22ClN3O/c1-2-9-22-14-4-3-12(10-13(14)18)16-17-15(19-20-16)11-5-7-21(17)8-6-11/h3-4,10-11,16-17,20H,2,5-9H2,1H3. The largest absolute Gasteiger partial charge is 0.492 e. The van der Waals surface area contributed by atoms with Crippen molar-refractivity contribution in [2.75, 3.05) is 19.7 Å². The monoisotopic (exact) mass is 319 g/mol. The zero-order valence-corrected chi connectivity index (χ0v) is 13.6. The lowest BCUT2D eigenvalue weighted by Gasteiger charge is -2.45. The number of hydrogen-bond donors (Lipinski definition) is 1. The van der Waals surface area contributed by atoms with Gasteiger partial charge in [0.2, 0.25) is 0 Å². The van der Waals surface area contributed by atoms with Gasteiger partial charge >= 0.3 is 0 Å². The second-order valence-electron chi connectivity index (χ2n) is 6.44. The molecule has 5 rings (SSSR count). The van der Waals surface area contributed by atoms with Crippen molar-refractivity contribution < 1.29 is 4.74 Å². The molecule has 2 unspecified atom stereocenters. The van der Waals surface area contributed by atoms with Gasteiger partial charge < -0.3 is 10.2 Å². The van der Waals surface area contributed by atoms with E-state index in [-0.39, 0.29) is 6.04 Å². The summed E-state index contributed by atoms with van der Waals surface area (Å²) in [6, 6.07) is 6.77. The smallest absolute Gasteiger partial charge is 0.137 e. The maximum Gasteiger partial charge on any atom is 0.137 e. The molecule has 1 aromatic rings. The van der Waals surface area contributed by atoms with Gasteiger partial charge in [-0.3, -0.25) is 4.90 Å². The van der Waals surface area contributed by atoms with E-state index in [2.05, 4.69) is 28.4 Å². The molecular weight excluding hydrogens is 298 g/mol. The number of hydrazone groups is 1. The van der Waals surface area contributed by atoms with Gasteiger partial charge in [-0.15, -0.1) is 0 Å². The minimum absolute atomic E-state index is 0.218. The number of hydrogen-bond acceptors (Lipinski definition) is 4. The molecule has 3 saturated heterocycles. The molecule has 0 amide bonds. The average Bonchev–Trinajstić information content (AvgIpc) is 3.02. The SMILES string of the molecule is CCCOc1ccc(C2NN=C3C4CCN(CC4)C32)cc1Cl. The van der Waals surface area contributed by atoms with Gasteiger partial charge in [-0.2, -0.15) is 5.10 Å². The number of ether oxygens (including phenoxy) is 1. The average molecular weight is 320 g/mol. The quantitative estimate of drug-likeness (QED) is 0.925. The Hall–Kier alpha value is -1.26. The molecule has 4 aliphatic rings. The van der Waals surface area contributed by atoms with Crippen molar-refractivity contribution >= 4 is 17.3 Å². The van der Waals surface area contributed by atoms with Crippen molar-refractivity contribution in [2.24, 2.45) is 11.0 Å². The molecule has 0 aromatic heterocycles. The van der Waals surface area contributed by atoms with Gasteiger partial charge in [0.1, 0.15) is 5.75 Å². The van der Waals surface area contributed by atoms with Crippen LogP contribution in [-0.2, 0) is 0 Å². The van der Waals surface area contributed by atoms with Gasteiger partial charge in [0.15, 0.2) is 0 Å². The van der Waals surface area contributed by atoms with Crippen LogP contribution in [0.5, 0.6) is 5.75 Å². The fraction of sp³-hybridized carbons (Fsp3) is 0.588. The van der Waals surface area contributed by atoms with Crippen molar-refractivity contribution in [3.63, 3.8) is 0 Å². The lowest BCUT2D eigenvalue weighted by molar-refractivity contribution is 0.133. The first kappa shape index (κ1) is 14.3. The third-order valence-corrected chi connectivity index (χ3v) is 5.36. The molecular formula is C17H22ClN3O. The molecule has 3 fully saturated rings. The Labute approximate surface area is 136 Å². The fourth-order valence-electron chi connectivity index (χ4n) is 3.95. The van der Waals surface area contributed by atoms with Gasteiger partial charge in [-0.25, -0.2) is 0 Å². The zero-order chi connectivity index (χ0) is 15.1. The summed E-state index contributed by atoms with van der Waals surface area (Å²) >= 11 is 6.39. The highest BCUT2D eigenvalue weighted by molar-refractivity contribution is 6.32. The lowest BCUT2D eigenvalue weighted by atomic mass is 9.78. The second-order valence-corrected chi connectivity index (χ2v) is 6.84. The van der Waals surface area contributed by atoms with Crippen LogP contribution in [0.1, 0.15) is 37.8 Å². The minimum atomic E-state index is 0.218. The molecule has 0 spiro atoms. The number of benzene rings is 1. The molecule has 5 heteroatoms. The third kappa shape index (κ3) is 2.29. The highest BCUT2D eigenvalue weighted by Gasteiger charge is 2.46. The van der Waals surface area contributed by atoms with Crippen LogP contribution < -0.4 is 10.2 Å². The number of halogens is 1. The second kappa shape index (κ2) is 5.74. The summed E-state index contributed by atoms with van der Waals surface area (Å²) in [5.74, 6) is 1.45. The van der Waals surface area contributed by atoms with Gasteiger partial charge in [-0.05, 0) is 50.0 Å². The summed E-state index contributed by atoms with van der Waals surface area (Å²) in [5, 5.41) is 5.34. The van der Waals surface area contributed by atoms with Crippen LogP contribution in [-0.4, -0.2) is 36.3 Å². The maximum absolute atomic E-state index is 6.39. The summed E-state index contributed by atoms with van der Waals surface area (Å²) in [6.07, 6.45) is 3.50. The van der Waals surface area contributed by atoms with Gasteiger partial charge in [0, 0.05) is 5.92 Å². The number of nitrogens with zero attached hydrogens (tertiary/aromatic N) is 2. The molecule has 0 aliphatic carbocycles. The summed E-state index contributed by atoms with van der Waals surface area (Å²) in [7, 11) is 0. The molecule has 2 atom stereocenters. The first-order valence-corrected chi connectivity index (χ1v) is 8.65. The molecule has 2 bridgehead atoms. The van der Waals surface area contributed by atoms with E-state index in [9.17, 15) is 0 Å². The molecule has 22 heavy (non-hydrogen) atoms. The van der Waals surface area contributed by atoms with Crippen molar-refractivity contribution in [1.82, 2.24) is 10.3 Å². The van der Waals surface area contributed by atoms with E-state index in [1.54, 1.807) is 0 Å². The highest BCUT2D eigenvalue weighted by Crippen LogP contribution is 2.40. The van der Waals surface area contributed by atoms with E-state index in [0.29, 0.717) is 23.6 Å². The predicted octanol–water partition coefficient (Wildman–Crippen LogP) is 3.22. The summed E-state index contributed by atoms with van der Waals surface area (Å²) < 4.78 is 5.67. The Balaban J connectivity index is 1.57. The Morgan fingerprint density at radius 3 is 2.91 bits per heavy atom. The fourth-order valence-corrected chi connectivity index (χ4v) is 4.20. The summed E-state index contributed by atoms with van der Waals surface area (Å²) in [6.45, 7) is 5.18. The van der Waals surface area contributed by atoms with Crippen LogP contribution >= 0.6 is 11.6 Å². The van der Waals surface area contributed by atoms with Crippen LogP contribution in [0.4, 0.5) is 0 Å². The molecule has 118 valence electrons. The van der Waals surface area contributed by atoms with E-state index < -0.39 is 0 Å². The van der Waals surface area contributed by atoms with Crippen molar-refractivity contribution in [2.45, 2.75) is 38.3 Å². The Bertz CT molecular complexity index is 596. The van der Waals surface area contributed by atoms with Crippen molar-refractivity contribution in [1.29, 1.82) is 0 Å². The molecule has 1 N–H and O–H groups in total. The van der Waals surface area contributed by atoms with Crippen molar-refractivity contribution in [3.8, 4) is 5.75 Å². The van der Waals surface area contributed by atoms with E-state index in [4.69, 9.17) is 16.3 Å². The number of nitrogens with one attached hydrogen (secondary N) is 1. The van der Waals surface area contributed by atoms with Gasteiger partial charge in [0.25, 0.3) is 0 Å². The minimum Gasteiger partial charge on any atom is -0.492 e. The topological polar surface area (TPSA) is 36.9 Å². The van der Waals surface area contributed by atoms with Crippen molar-refractivity contribution in [3.05, 3.63) is 28.8 Å². The Kier molecular flexibility index (Phi) is 3.74. The highest BCUT2D eigenvalue weighted by atomic mass is 35.5. The molecule has 4 nitrogen and oxygen atoms in total. The predicted molar refractivity (Wildman–Crippen MR) is 88.6 cm³/mol. The number of fused-ring (bicyclic) bond motifs is 2. The van der Waals surface area contributed by atoms with E-state index in [0.717, 1.165) is 12.2 Å². The van der Waals surface area contributed by atoms with E-state index >= 15 is 0 Å². The first-order chi connectivity index (χ1) is 10.8. The normalized spacial score (nSPS) is 32.4. The van der Waals surface area contributed by atoms with E-state index in [1.165, 1.54) is 37.2 Å². The van der Waals surface area contributed by atoms with Crippen LogP contribution in [0.3, 0.4) is 0 Å². The van der Waals surface area contributed by atoms with Gasteiger partial charge in [-0.1, -0.05) is 24.6 Å². The number of rotatable bonds is 4. The molecule has 0 saturated carbocycles. The maximum atomic E-state index is 6.39. The molecule has 4 heterocycles. The first-order valence-electron chi connectivity index (χ1n) is 8.27. The molecule has 4 aliphatic heterocycles. The number of piperidine rings is 3. The van der Waals surface area contributed by atoms with Crippen LogP contribution in [0.2, 0.25) is 5.02 Å². The van der Waals surface area contributed by atoms with Crippen LogP contribution in [0, 0.1) is 5.92 Å².